The van der Waals surface area contributed by atoms with Crippen molar-refractivity contribution < 1.29 is 23.5 Å². The van der Waals surface area contributed by atoms with E-state index in [0.29, 0.717) is 29.5 Å². The molecule has 0 saturated carbocycles. The molecule has 8 nitrogen and oxygen atoms in total. The molecule has 0 fully saturated rings. The minimum atomic E-state index is -0.438. The highest BCUT2D eigenvalue weighted by molar-refractivity contribution is 7.13. The minimum Gasteiger partial charge on any atom is -0.383 e. The number of carbonyl (C=O) groups excluding carboxylic acids is 3. The van der Waals surface area contributed by atoms with Crippen LogP contribution in [0.1, 0.15) is 29.9 Å². The van der Waals surface area contributed by atoms with Crippen LogP contribution < -0.4 is 10.6 Å². The van der Waals surface area contributed by atoms with Crippen molar-refractivity contribution >= 4 is 34.2 Å². The zero-order chi connectivity index (χ0) is 22.1. The van der Waals surface area contributed by atoms with E-state index in [1.807, 2.05) is 0 Å². The average Bonchev–Trinajstić information content (AvgIpc) is 3.12. The van der Waals surface area contributed by atoms with Crippen LogP contribution in [0.25, 0.3) is 0 Å². The van der Waals surface area contributed by atoms with Crippen LogP contribution in [0.3, 0.4) is 0 Å². The van der Waals surface area contributed by atoms with Crippen LogP contribution >= 0.6 is 11.3 Å². The second-order valence-electron chi connectivity index (χ2n) is 6.75. The third kappa shape index (κ3) is 7.20. The molecular weight excluding hydrogens is 411 g/mol. The maximum absolute atomic E-state index is 13.1. The SMILES string of the molecule is COCCNC(=O)Cc1csc(NC(=O)CN(C(=O)c2ccc(F)cc2)C(C)C)n1. The molecule has 0 aliphatic carbocycles. The maximum atomic E-state index is 13.1. The van der Waals surface area contributed by atoms with Crippen molar-refractivity contribution in [3.8, 4) is 0 Å². The summed E-state index contributed by atoms with van der Waals surface area (Å²) in [7, 11) is 1.55. The standard InChI is InChI=1S/C20H25FN4O4S/c1-13(2)25(19(28)14-4-6-15(21)7-5-14)11-18(27)24-20-23-16(12-30-20)10-17(26)22-8-9-29-3/h4-7,12-13H,8-11H2,1-3H3,(H,22,26)(H,23,24,27). The van der Waals surface area contributed by atoms with E-state index in [1.165, 1.54) is 40.5 Å². The summed E-state index contributed by atoms with van der Waals surface area (Å²) in [6.07, 6.45) is 0.0945. The van der Waals surface area contributed by atoms with Crippen LogP contribution in [-0.4, -0.2) is 60.5 Å². The molecule has 2 N–H and O–H groups in total. The van der Waals surface area contributed by atoms with Gasteiger partial charge < -0.3 is 20.3 Å². The molecule has 0 bridgehead atoms. The predicted octanol–water partition coefficient (Wildman–Crippen LogP) is 2.08. The van der Waals surface area contributed by atoms with E-state index in [-0.39, 0.29) is 30.8 Å². The van der Waals surface area contributed by atoms with Crippen LogP contribution in [0.15, 0.2) is 29.6 Å². The number of hydrogen-bond acceptors (Lipinski definition) is 6. The zero-order valence-electron chi connectivity index (χ0n) is 17.1. The molecule has 3 amide bonds. The molecule has 30 heavy (non-hydrogen) atoms. The van der Waals surface area contributed by atoms with Gasteiger partial charge in [-0.25, -0.2) is 9.37 Å². The van der Waals surface area contributed by atoms with Gasteiger partial charge in [0.2, 0.25) is 11.8 Å². The molecule has 0 spiro atoms. The number of methoxy groups -OCH3 is 1. The van der Waals surface area contributed by atoms with E-state index in [0.717, 1.165) is 0 Å². The van der Waals surface area contributed by atoms with Gasteiger partial charge in [0, 0.05) is 30.6 Å². The second-order valence-corrected chi connectivity index (χ2v) is 7.60. The largest absolute Gasteiger partial charge is 0.383 e. The smallest absolute Gasteiger partial charge is 0.254 e. The number of amides is 3. The molecule has 10 heteroatoms. The Bertz CT molecular complexity index is 870. The van der Waals surface area contributed by atoms with Gasteiger partial charge in [0.05, 0.1) is 18.7 Å². The Hall–Kier alpha value is -2.85. The molecule has 1 aromatic carbocycles. The van der Waals surface area contributed by atoms with Crippen LogP contribution in [0.4, 0.5) is 9.52 Å². The van der Waals surface area contributed by atoms with Crippen LogP contribution in [0, 0.1) is 5.82 Å². The summed E-state index contributed by atoms with van der Waals surface area (Å²) in [4.78, 5) is 42.5. The number of nitrogens with zero attached hydrogens (tertiary/aromatic N) is 2. The van der Waals surface area contributed by atoms with Crippen molar-refractivity contribution in [3.05, 3.63) is 46.7 Å². The van der Waals surface area contributed by atoms with Crippen LogP contribution in [0.2, 0.25) is 0 Å². The number of hydrogen-bond donors (Lipinski definition) is 2. The summed E-state index contributed by atoms with van der Waals surface area (Å²) < 4.78 is 18.0. The summed E-state index contributed by atoms with van der Waals surface area (Å²) in [6.45, 7) is 4.24. The third-order valence-corrected chi connectivity index (χ3v) is 4.86. The highest BCUT2D eigenvalue weighted by Gasteiger charge is 2.22. The molecule has 0 saturated heterocycles. The number of halogens is 1. The van der Waals surface area contributed by atoms with Crippen molar-refractivity contribution in [1.82, 2.24) is 15.2 Å². The average molecular weight is 437 g/mol. The Morgan fingerprint density at radius 3 is 2.53 bits per heavy atom. The molecule has 0 radical (unpaired) electrons. The topological polar surface area (TPSA) is 101 Å². The lowest BCUT2D eigenvalue weighted by Crippen LogP contribution is -2.42. The number of thiazole rings is 1. The lowest BCUT2D eigenvalue weighted by molar-refractivity contribution is -0.120. The maximum Gasteiger partial charge on any atom is 0.254 e. The first-order valence-electron chi connectivity index (χ1n) is 9.36. The lowest BCUT2D eigenvalue weighted by Gasteiger charge is -2.26. The van der Waals surface area contributed by atoms with Gasteiger partial charge in [-0.1, -0.05) is 0 Å². The van der Waals surface area contributed by atoms with Gasteiger partial charge in [-0.05, 0) is 38.1 Å². The third-order valence-electron chi connectivity index (χ3n) is 4.06. The molecule has 1 aromatic heterocycles. The van der Waals surface area contributed by atoms with Crippen molar-refractivity contribution in [3.63, 3.8) is 0 Å². The Morgan fingerprint density at radius 2 is 1.90 bits per heavy atom. The summed E-state index contributed by atoms with van der Waals surface area (Å²) >= 11 is 1.20. The molecule has 0 aliphatic rings. The van der Waals surface area contributed by atoms with E-state index in [1.54, 1.807) is 26.3 Å². The number of aromatic nitrogens is 1. The normalized spacial score (nSPS) is 10.7. The second kappa shape index (κ2) is 11.4. The van der Waals surface area contributed by atoms with E-state index >= 15 is 0 Å². The van der Waals surface area contributed by atoms with Crippen molar-refractivity contribution in [2.45, 2.75) is 26.3 Å². The molecular formula is C20H25FN4O4S. The first-order valence-corrected chi connectivity index (χ1v) is 10.2. The fourth-order valence-electron chi connectivity index (χ4n) is 2.53. The van der Waals surface area contributed by atoms with E-state index in [2.05, 4.69) is 15.6 Å². The van der Waals surface area contributed by atoms with E-state index < -0.39 is 11.7 Å². The molecule has 0 unspecified atom stereocenters. The van der Waals surface area contributed by atoms with Gasteiger partial charge in [-0.15, -0.1) is 11.3 Å². The monoisotopic (exact) mass is 436 g/mol. The number of anilines is 1. The number of benzene rings is 1. The molecule has 162 valence electrons. The molecule has 1 heterocycles. The van der Waals surface area contributed by atoms with Gasteiger partial charge in [-0.2, -0.15) is 0 Å². The van der Waals surface area contributed by atoms with Crippen LogP contribution in [-0.2, 0) is 20.7 Å². The van der Waals surface area contributed by atoms with Gasteiger partial charge in [0.15, 0.2) is 5.13 Å². The fourth-order valence-corrected chi connectivity index (χ4v) is 3.25. The zero-order valence-corrected chi connectivity index (χ0v) is 17.9. The number of rotatable bonds is 10. The van der Waals surface area contributed by atoms with Crippen molar-refractivity contribution in [2.75, 3.05) is 32.1 Å². The summed E-state index contributed by atoms with van der Waals surface area (Å²) in [5, 5.41) is 7.38. The first kappa shape index (κ1) is 23.4. The van der Waals surface area contributed by atoms with E-state index in [4.69, 9.17) is 4.74 Å². The highest BCUT2D eigenvalue weighted by atomic mass is 32.1. The Balaban J connectivity index is 1.93. The van der Waals surface area contributed by atoms with Gasteiger partial charge >= 0.3 is 0 Å². The molecule has 2 aromatic rings. The Labute approximate surface area is 178 Å². The van der Waals surface area contributed by atoms with Gasteiger partial charge in [0.1, 0.15) is 12.4 Å². The molecule has 2 rings (SSSR count). The first-order chi connectivity index (χ1) is 14.3. The summed E-state index contributed by atoms with van der Waals surface area (Å²) in [5.41, 5.74) is 0.835. The summed E-state index contributed by atoms with van der Waals surface area (Å²) in [5.74, 6) is -1.41. The van der Waals surface area contributed by atoms with Crippen molar-refractivity contribution in [1.29, 1.82) is 0 Å². The Morgan fingerprint density at radius 1 is 1.20 bits per heavy atom. The van der Waals surface area contributed by atoms with Gasteiger partial charge in [-0.3, -0.25) is 14.4 Å². The summed E-state index contributed by atoms with van der Waals surface area (Å²) in [6, 6.07) is 4.93. The number of carbonyl (C=O) groups is 3. The predicted molar refractivity (Wildman–Crippen MR) is 112 cm³/mol. The van der Waals surface area contributed by atoms with E-state index in [9.17, 15) is 18.8 Å². The minimum absolute atomic E-state index is 0.0945. The number of nitrogens with one attached hydrogen (secondary N) is 2. The van der Waals surface area contributed by atoms with Crippen LogP contribution in [0.5, 0.6) is 0 Å². The quantitative estimate of drug-likeness (QED) is 0.556. The van der Waals surface area contributed by atoms with Gasteiger partial charge in [0.25, 0.3) is 5.91 Å². The number of ether oxygens (including phenoxy) is 1. The van der Waals surface area contributed by atoms with Crippen molar-refractivity contribution in [2.24, 2.45) is 0 Å². The molecule has 0 aliphatic heterocycles. The fraction of sp³-hybridized carbons (Fsp3) is 0.400. The lowest BCUT2D eigenvalue weighted by atomic mass is 10.1. The Kier molecular flexibility index (Phi) is 8.88. The molecule has 0 atom stereocenters. The highest BCUT2D eigenvalue weighted by Crippen LogP contribution is 2.16.